The molecular formula is C24H13Cl2NO2S2. The van der Waals surface area contributed by atoms with Gasteiger partial charge in [0.15, 0.2) is 4.32 Å². The van der Waals surface area contributed by atoms with Gasteiger partial charge in [-0.2, -0.15) is 0 Å². The Morgan fingerprint density at radius 2 is 1.71 bits per heavy atom. The zero-order valence-corrected chi connectivity index (χ0v) is 19.0. The topological polar surface area (TPSA) is 33.5 Å². The van der Waals surface area contributed by atoms with Crippen molar-refractivity contribution in [3.8, 4) is 11.3 Å². The molecule has 4 aromatic rings. The zero-order chi connectivity index (χ0) is 21.5. The Morgan fingerprint density at radius 3 is 2.58 bits per heavy atom. The van der Waals surface area contributed by atoms with Gasteiger partial charge in [0, 0.05) is 17.0 Å². The van der Waals surface area contributed by atoms with Gasteiger partial charge >= 0.3 is 0 Å². The number of nitrogens with zero attached hydrogens (tertiary/aromatic N) is 1. The van der Waals surface area contributed by atoms with Gasteiger partial charge in [0.05, 0.1) is 20.6 Å². The predicted octanol–water partition coefficient (Wildman–Crippen LogP) is 7.81. The summed E-state index contributed by atoms with van der Waals surface area (Å²) in [6, 6.07) is 22.7. The molecule has 1 fully saturated rings. The minimum Gasteiger partial charge on any atom is -0.457 e. The highest BCUT2D eigenvalue weighted by Crippen LogP contribution is 2.40. The molecule has 1 aromatic heterocycles. The average molecular weight is 482 g/mol. The summed E-state index contributed by atoms with van der Waals surface area (Å²) < 4.78 is 6.40. The number of fused-ring (bicyclic) bond motifs is 1. The van der Waals surface area contributed by atoms with E-state index < -0.39 is 0 Å². The molecule has 0 spiro atoms. The summed E-state index contributed by atoms with van der Waals surface area (Å²) in [4.78, 5) is 15.3. The monoisotopic (exact) mass is 481 g/mol. The Kier molecular flexibility index (Phi) is 5.36. The van der Waals surface area contributed by atoms with E-state index in [1.165, 1.54) is 11.8 Å². The molecule has 1 saturated heterocycles. The number of halogens is 2. The van der Waals surface area contributed by atoms with Crippen LogP contribution in [0.3, 0.4) is 0 Å². The van der Waals surface area contributed by atoms with E-state index in [4.69, 9.17) is 39.8 Å². The maximum Gasteiger partial charge on any atom is 0.270 e. The van der Waals surface area contributed by atoms with Crippen LogP contribution in [0.1, 0.15) is 5.76 Å². The number of amides is 1. The number of carbonyl (C=O) groups is 1. The van der Waals surface area contributed by atoms with Gasteiger partial charge in [-0.05, 0) is 35.7 Å². The largest absolute Gasteiger partial charge is 0.457 e. The number of rotatable bonds is 3. The highest BCUT2D eigenvalue weighted by atomic mass is 35.5. The van der Waals surface area contributed by atoms with Crippen molar-refractivity contribution in [1.29, 1.82) is 0 Å². The summed E-state index contributed by atoms with van der Waals surface area (Å²) in [5.41, 5.74) is 1.46. The molecule has 152 valence electrons. The number of hydrogen-bond donors (Lipinski definition) is 0. The minimum atomic E-state index is -0.176. The van der Waals surface area contributed by atoms with Crippen LogP contribution in [0.5, 0.6) is 0 Å². The predicted molar refractivity (Wildman–Crippen MR) is 134 cm³/mol. The van der Waals surface area contributed by atoms with Gasteiger partial charge < -0.3 is 4.42 Å². The molecule has 31 heavy (non-hydrogen) atoms. The standard InChI is InChI=1S/C24H13Cl2NO2S2/c25-18-9-4-8-17(22(18)26)20-12-11-15(29-20)13-21-23(28)27(24(30)31-21)19-10-3-6-14-5-1-2-7-16(14)19/h1-13H/b21-13-. The van der Waals surface area contributed by atoms with Crippen LogP contribution in [-0.2, 0) is 4.79 Å². The fraction of sp³-hybridized carbons (Fsp3) is 0. The second-order valence-corrected chi connectivity index (χ2v) is 9.28. The van der Waals surface area contributed by atoms with Crippen molar-refractivity contribution in [1.82, 2.24) is 0 Å². The molecule has 0 bridgehead atoms. The number of thioether (sulfide) groups is 1. The minimum absolute atomic E-state index is 0.176. The van der Waals surface area contributed by atoms with Crippen LogP contribution in [-0.4, -0.2) is 10.2 Å². The molecule has 5 rings (SSSR count). The van der Waals surface area contributed by atoms with Crippen molar-refractivity contribution in [3.05, 3.63) is 93.5 Å². The van der Waals surface area contributed by atoms with Crippen LogP contribution in [0, 0.1) is 0 Å². The SMILES string of the molecule is O=C1/C(=C/c2ccc(-c3cccc(Cl)c3Cl)o2)SC(=S)N1c1cccc2ccccc12. The normalized spacial score (nSPS) is 15.4. The van der Waals surface area contributed by atoms with Crippen molar-refractivity contribution < 1.29 is 9.21 Å². The fourth-order valence-corrected chi connectivity index (χ4v) is 5.14. The quantitative estimate of drug-likeness (QED) is 0.220. The van der Waals surface area contributed by atoms with E-state index in [1.54, 1.807) is 35.2 Å². The number of hydrogen-bond acceptors (Lipinski definition) is 4. The van der Waals surface area contributed by atoms with E-state index in [9.17, 15) is 4.79 Å². The third-order valence-corrected chi connectivity index (χ3v) is 7.04. The van der Waals surface area contributed by atoms with Crippen LogP contribution >= 0.6 is 47.2 Å². The highest BCUT2D eigenvalue weighted by molar-refractivity contribution is 8.27. The van der Waals surface area contributed by atoms with Crippen LogP contribution in [0.4, 0.5) is 5.69 Å². The smallest absolute Gasteiger partial charge is 0.270 e. The molecular weight excluding hydrogens is 469 g/mol. The van der Waals surface area contributed by atoms with Gasteiger partial charge in [0.2, 0.25) is 0 Å². The third-order valence-electron chi connectivity index (χ3n) is 4.92. The lowest BCUT2D eigenvalue weighted by atomic mass is 10.1. The molecule has 1 aliphatic rings. The Hall–Kier alpha value is -2.57. The number of furan rings is 1. The second-order valence-electron chi connectivity index (χ2n) is 6.82. The first-order valence-electron chi connectivity index (χ1n) is 9.33. The van der Waals surface area contributed by atoms with Crippen molar-refractivity contribution in [2.45, 2.75) is 0 Å². The molecule has 7 heteroatoms. The van der Waals surface area contributed by atoms with E-state index in [-0.39, 0.29) is 5.91 Å². The third kappa shape index (κ3) is 3.68. The van der Waals surface area contributed by atoms with Gasteiger partial charge in [0.1, 0.15) is 11.5 Å². The molecule has 2 heterocycles. The molecule has 0 saturated carbocycles. The summed E-state index contributed by atoms with van der Waals surface area (Å²) in [5.74, 6) is 0.929. The number of benzene rings is 3. The van der Waals surface area contributed by atoms with E-state index in [0.29, 0.717) is 36.4 Å². The molecule has 0 unspecified atom stereocenters. The van der Waals surface area contributed by atoms with Crippen LogP contribution < -0.4 is 4.90 Å². The van der Waals surface area contributed by atoms with Gasteiger partial charge in [-0.15, -0.1) is 0 Å². The van der Waals surface area contributed by atoms with Crippen molar-refractivity contribution in [3.63, 3.8) is 0 Å². The van der Waals surface area contributed by atoms with E-state index in [1.807, 2.05) is 48.5 Å². The van der Waals surface area contributed by atoms with E-state index >= 15 is 0 Å². The zero-order valence-electron chi connectivity index (χ0n) is 15.8. The maximum absolute atomic E-state index is 13.2. The fourth-order valence-electron chi connectivity index (χ4n) is 3.48. The molecule has 3 nitrogen and oxygen atoms in total. The molecule has 3 aromatic carbocycles. The summed E-state index contributed by atoms with van der Waals surface area (Å²) in [6.07, 6.45) is 1.70. The molecule has 0 N–H and O–H groups in total. The summed E-state index contributed by atoms with van der Waals surface area (Å²) in [5, 5.41) is 2.89. The molecule has 1 aliphatic heterocycles. The Balaban J connectivity index is 1.49. The first-order chi connectivity index (χ1) is 15.0. The van der Waals surface area contributed by atoms with Gasteiger partial charge in [0.25, 0.3) is 5.91 Å². The molecule has 0 atom stereocenters. The van der Waals surface area contributed by atoms with E-state index in [2.05, 4.69) is 0 Å². The number of thiocarbonyl (C=S) groups is 1. The summed E-state index contributed by atoms with van der Waals surface area (Å²) >= 11 is 19.2. The molecule has 0 radical (unpaired) electrons. The number of carbonyl (C=O) groups excluding carboxylic acids is 1. The Labute approximate surface area is 198 Å². The van der Waals surface area contributed by atoms with Crippen molar-refractivity contribution in [2.24, 2.45) is 0 Å². The first kappa shape index (κ1) is 20.3. The van der Waals surface area contributed by atoms with Gasteiger partial charge in [-0.25, -0.2) is 0 Å². The molecule has 0 aliphatic carbocycles. The Morgan fingerprint density at radius 1 is 0.935 bits per heavy atom. The van der Waals surface area contributed by atoms with Gasteiger partial charge in [-0.3, -0.25) is 9.69 Å². The lowest BCUT2D eigenvalue weighted by Crippen LogP contribution is -2.27. The lowest BCUT2D eigenvalue weighted by Gasteiger charge is -2.17. The summed E-state index contributed by atoms with van der Waals surface area (Å²) in [6.45, 7) is 0. The van der Waals surface area contributed by atoms with Crippen molar-refractivity contribution >= 4 is 79.9 Å². The summed E-state index contributed by atoms with van der Waals surface area (Å²) in [7, 11) is 0. The number of anilines is 1. The lowest BCUT2D eigenvalue weighted by molar-refractivity contribution is -0.113. The highest BCUT2D eigenvalue weighted by Gasteiger charge is 2.34. The maximum atomic E-state index is 13.2. The van der Waals surface area contributed by atoms with Crippen LogP contribution in [0.25, 0.3) is 28.2 Å². The first-order valence-corrected chi connectivity index (χ1v) is 11.3. The molecule has 1 amide bonds. The van der Waals surface area contributed by atoms with E-state index in [0.717, 1.165) is 16.5 Å². The van der Waals surface area contributed by atoms with Crippen LogP contribution in [0.2, 0.25) is 10.0 Å². The van der Waals surface area contributed by atoms with Crippen molar-refractivity contribution in [2.75, 3.05) is 4.90 Å². The average Bonchev–Trinajstić information content (AvgIpc) is 3.34. The van der Waals surface area contributed by atoms with Gasteiger partial charge in [-0.1, -0.05) is 89.6 Å². The van der Waals surface area contributed by atoms with Crippen LogP contribution in [0.15, 0.2) is 82.1 Å². The Bertz CT molecular complexity index is 1390. The second kappa shape index (κ2) is 8.17.